The van der Waals surface area contributed by atoms with Gasteiger partial charge in [0.25, 0.3) is 0 Å². The molecule has 214 valence electrons. The van der Waals surface area contributed by atoms with E-state index in [-0.39, 0.29) is 11.7 Å². The maximum absolute atomic E-state index is 12.8. The van der Waals surface area contributed by atoms with Crippen LogP contribution in [0.25, 0.3) is 0 Å². The van der Waals surface area contributed by atoms with Crippen molar-refractivity contribution in [2.24, 2.45) is 11.8 Å². The molecule has 0 aromatic heterocycles. The third-order valence-corrected chi connectivity index (χ3v) is 8.29. The van der Waals surface area contributed by atoms with Gasteiger partial charge in [0.1, 0.15) is 23.4 Å². The summed E-state index contributed by atoms with van der Waals surface area (Å²) in [5, 5.41) is 11.7. The first-order chi connectivity index (χ1) is 17.3. The Morgan fingerprint density at radius 1 is 0.919 bits per heavy atom. The maximum Gasteiger partial charge on any atom is 0.303 e. The minimum atomic E-state index is -1.14. The largest absolute Gasteiger partial charge is 0.459 e. The number of hydrogen-bond acceptors (Lipinski definition) is 8. The Kier molecular flexibility index (Phi) is 12.9. The van der Waals surface area contributed by atoms with E-state index in [0.29, 0.717) is 50.5 Å². The van der Waals surface area contributed by atoms with Gasteiger partial charge in [-0.2, -0.15) is 0 Å². The van der Waals surface area contributed by atoms with Gasteiger partial charge in [0.2, 0.25) is 0 Å². The van der Waals surface area contributed by atoms with Crippen LogP contribution in [0.5, 0.6) is 0 Å². The molecule has 0 saturated carbocycles. The second-order valence-electron chi connectivity index (χ2n) is 10.4. The lowest BCUT2D eigenvalue weighted by atomic mass is 9.68. The number of Topliss-reactive ketones (excluding diaryl/α,β-unsaturated/α-hetero) is 1. The van der Waals surface area contributed by atoms with Crippen molar-refractivity contribution < 1.29 is 38.4 Å². The molecule has 37 heavy (non-hydrogen) atoms. The minimum Gasteiger partial charge on any atom is -0.459 e. The van der Waals surface area contributed by atoms with Gasteiger partial charge in [-0.05, 0) is 57.4 Å². The first-order valence-electron chi connectivity index (χ1n) is 13.8. The first-order valence-corrected chi connectivity index (χ1v) is 13.8. The summed E-state index contributed by atoms with van der Waals surface area (Å²) in [6.07, 6.45) is 0.208. The molecule has 0 bridgehead atoms. The lowest BCUT2D eigenvalue weighted by Gasteiger charge is -2.55. The second-order valence-corrected chi connectivity index (χ2v) is 10.4. The summed E-state index contributed by atoms with van der Waals surface area (Å²) in [5.74, 6) is -1.60. The van der Waals surface area contributed by atoms with E-state index in [4.69, 9.17) is 18.9 Å². The Labute approximate surface area is 223 Å². The molecule has 1 saturated heterocycles. The summed E-state index contributed by atoms with van der Waals surface area (Å²) in [4.78, 5) is 37.1. The highest BCUT2D eigenvalue weighted by molar-refractivity contribution is 5.95. The third-order valence-electron chi connectivity index (χ3n) is 8.29. The average molecular weight is 527 g/mol. The highest BCUT2D eigenvalue weighted by Gasteiger charge is 2.59. The van der Waals surface area contributed by atoms with Crippen molar-refractivity contribution in [3.8, 4) is 0 Å². The van der Waals surface area contributed by atoms with Crippen LogP contribution in [-0.2, 0) is 33.3 Å². The third kappa shape index (κ3) is 7.42. The van der Waals surface area contributed by atoms with Gasteiger partial charge >= 0.3 is 11.9 Å². The molecule has 8 nitrogen and oxygen atoms in total. The number of esters is 2. The fraction of sp³-hybridized carbons (Fsp3) is 0.828. The number of methoxy groups -OCH3 is 1. The van der Waals surface area contributed by atoms with Gasteiger partial charge in [-0.1, -0.05) is 41.2 Å². The number of ether oxygens (including phenoxy) is 4. The monoisotopic (exact) mass is 526 g/mol. The number of hydrogen-bond donors (Lipinski definition) is 1. The van der Waals surface area contributed by atoms with Gasteiger partial charge in [-0.3, -0.25) is 14.4 Å². The zero-order valence-corrected chi connectivity index (χ0v) is 24.4. The smallest absolute Gasteiger partial charge is 0.303 e. The predicted molar refractivity (Wildman–Crippen MR) is 142 cm³/mol. The van der Waals surface area contributed by atoms with Crippen molar-refractivity contribution in [2.45, 2.75) is 136 Å². The number of carbonyl (C=O) groups excluding carboxylic acids is 3. The zero-order valence-electron chi connectivity index (χ0n) is 24.4. The van der Waals surface area contributed by atoms with E-state index in [1.807, 2.05) is 34.6 Å². The minimum absolute atomic E-state index is 0.0170. The molecule has 0 radical (unpaired) electrons. The van der Waals surface area contributed by atoms with Crippen LogP contribution in [0.4, 0.5) is 0 Å². The molecular formula is C29H50O8. The molecule has 1 fully saturated rings. The Balaban J connectivity index is 3.66. The van der Waals surface area contributed by atoms with Crippen LogP contribution in [0.2, 0.25) is 0 Å². The lowest BCUT2D eigenvalue weighted by Crippen LogP contribution is -2.68. The molecule has 1 aliphatic rings. The number of aliphatic hydroxyl groups excluding tert-OH is 1. The van der Waals surface area contributed by atoms with E-state index in [9.17, 15) is 19.5 Å². The number of allylic oxidation sites excluding steroid dienone is 1. The molecule has 0 spiro atoms. The normalized spacial score (nSPS) is 25.3. The fourth-order valence-corrected chi connectivity index (χ4v) is 6.15. The highest BCUT2D eigenvalue weighted by atomic mass is 16.6. The predicted octanol–water partition coefficient (Wildman–Crippen LogP) is 4.94. The van der Waals surface area contributed by atoms with Crippen molar-refractivity contribution in [3.63, 3.8) is 0 Å². The van der Waals surface area contributed by atoms with Gasteiger partial charge in [-0.25, -0.2) is 0 Å². The fourth-order valence-electron chi connectivity index (χ4n) is 6.15. The molecule has 1 N–H and O–H groups in total. The van der Waals surface area contributed by atoms with Crippen LogP contribution in [0.15, 0.2) is 12.2 Å². The molecule has 0 amide bonds. The Bertz CT molecular complexity index is 783. The quantitative estimate of drug-likeness (QED) is 0.236. The molecule has 6 unspecified atom stereocenters. The Morgan fingerprint density at radius 3 is 1.78 bits per heavy atom. The molecule has 0 aromatic rings. The summed E-state index contributed by atoms with van der Waals surface area (Å²) < 4.78 is 24.4. The number of ketones is 1. The van der Waals surface area contributed by atoms with Crippen LogP contribution in [-0.4, -0.2) is 65.6 Å². The molecule has 1 heterocycles. The van der Waals surface area contributed by atoms with Crippen LogP contribution < -0.4 is 0 Å². The molecule has 0 aromatic carbocycles. The van der Waals surface area contributed by atoms with E-state index < -0.39 is 53.5 Å². The number of rotatable bonds is 15. The van der Waals surface area contributed by atoms with Gasteiger partial charge < -0.3 is 24.1 Å². The summed E-state index contributed by atoms with van der Waals surface area (Å²) in [5.41, 5.74) is -1.50. The van der Waals surface area contributed by atoms with Crippen molar-refractivity contribution in [1.29, 1.82) is 0 Å². The van der Waals surface area contributed by atoms with Gasteiger partial charge in [0, 0.05) is 26.9 Å². The summed E-state index contributed by atoms with van der Waals surface area (Å²) >= 11 is 0. The summed E-state index contributed by atoms with van der Waals surface area (Å²) in [6, 6.07) is 0. The highest BCUT2D eigenvalue weighted by Crippen LogP contribution is 2.46. The maximum atomic E-state index is 12.8. The van der Waals surface area contributed by atoms with Gasteiger partial charge in [0.15, 0.2) is 5.78 Å². The average Bonchev–Trinajstić information content (AvgIpc) is 2.86. The van der Waals surface area contributed by atoms with E-state index in [0.717, 1.165) is 0 Å². The van der Waals surface area contributed by atoms with E-state index in [2.05, 4.69) is 6.58 Å². The standard InChI is InChI=1S/C29H50O8/c1-11-21(24(32)18(6)7)16-17-22-23(28(12-2,13-3)36-19(8)30)26(34-10)25(33)27(35-22)29(14-4,15-5)37-20(9)31/h21-23,25-27,33H,6,11-17H2,1-5,7-10H3. The second kappa shape index (κ2) is 14.4. The lowest BCUT2D eigenvalue weighted by molar-refractivity contribution is -0.289. The molecule has 8 heteroatoms. The molecule has 6 atom stereocenters. The summed E-state index contributed by atoms with van der Waals surface area (Å²) in [6.45, 7) is 17.9. The molecular weight excluding hydrogens is 476 g/mol. The zero-order chi connectivity index (χ0) is 28.6. The number of aliphatic hydroxyl groups is 1. The van der Waals surface area contributed by atoms with Crippen molar-refractivity contribution in [1.82, 2.24) is 0 Å². The molecule has 1 aliphatic heterocycles. The van der Waals surface area contributed by atoms with E-state index in [1.54, 1.807) is 6.92 Å². The van der Waals surface area contributed by atoms with Crippen LogP contribution in [0, 0.1) is 11.8 Å². The van der Waals surface area contributed by atoms with Crippen molar-refractivity contribution >= 4 is 17.7 Å². The molecule has 0 aliphatic carbocycles. The van der Waals surface area contributed by atoms with Crippen LogP contribution in [0.3, 0.4) is 0 Å². The first kappa shape index (κ1) is 33.3. The Hall–Kier alpha value is -1.77. The van der Waals surface area contributed by atoms with Crippen LogP contribution >= 0.6 is 0 Å². The van der Waals surface area contributed by atoms with Gasteiger partial charge in [0.05, 0.1) is 18.1 Å². The Morgan fingerprint density at radius 2 is 1.41 bits per heavy atom. The SMILES string of the molecule is C=C(C)C(=O)C(CC)CCC1OC(C(CC)(CC)OC(C)=O)C(O)C(OC)C1C(CC)(CC)OC(C)=O. The van der Waals surface area contributed by atoms with Crippen molar-refractivity contribution in [2.75, 3.05) is 7.11 Å². The topological polar surface area (TPSA) is 108 Å². The van der Waals surface area contributed by atoms with Crippen molar-refractivity contribution in [3.05, 3.63) is 12.2 Å². The van der Waals surface area contributed by atoms with E-state index >= 15 is 0 Å². The van der Waals surface area contributed by atoms with Crippen LogP contribution in [0.1, 0.15) is 100 Å². The van der Waals surface area contributed by atoms with E-state index in [1.165, 1.54) is 21.0 Å². The molecule has 1 rings (SSSR count). The number of carbonyl (C=O) groups is 3. The van der Waals surface area contributed by atoms with Gasteiger partial charge in [-0.15, -0.1) is 0 Å². The summed E-state index contributed by atoms with van der Waals surface area (Å²) in [7, 11) is 1.52.